The first-order chi connectivity index (χ1) is 11.3. The Morgan fingerprint density at radius 2 is 2.04 bits per heavy atom. The van der Waals surface area contributed by atoms with Gasteiger partial charge in [-0.1, -0.05) is 29.8 Å². The molecule has 0 bridgehead atoms. The molecule has 112 valence electrons. The molecule has 0 aliphatic carbocycles. The Morgan fingerprint density at radius 1 is 1.09 bits per heavy atom. The van der Waals surface area contributed by atoms with Crippen molar-refractivity contribution in [3.05, 3.63) is 72.0 Å². The van der Waals surface area contributed by atoms with E-state index >= 15 is 0 Å². The van der Waals surface area contributed by atoms with Gasteiger partial charge in [-0.05, 0) is 42.8 Å². The zero-order chi connectivity index (χ0) is 15.6. The van der Waals surface area contributed by atoms with Gasteiger partial charge in [-0.15, -0.1) is 0 Å². The molecular formula is C19H15N3O. The lowest BCUT2D eigenvalue weighted by Crippen LogP contribution is -1.81. The van der Waals surface area contributed by atoms with Gasteiger partial charge >= 0.3 is 0 Å². The summed E-state index contributed by atoms with van der Waals surface area (Å²) < 4.78 is 5.37. The number of nitrogens with one attached hydrogen (secondary N) is 1. The minimum Gasteiger partial charge on any atom is -0.461 e. The van der Waals surface area contributed by atoms with Gasteiger partial charge in [0, 0.05) is 6.21 Å². The number of fused-ring (bicyclic) bond motifs is 1. The molecule has 2 aromatic carbocycles. The Labute approximate surface area is 133 Å². The number of aromatic amines is 1. The summed E-state index contributed by atoms with van der Waals surface area (Å²) in [5, 5.41) is 0. The van der Waals surface area contributed by atoms with Crippen molar-refractivity contribution < 1.29 is 4.42 Å². The molecular weight excluding hydrogens is 286 g/mol. The van der Waals surface area contributed by atoms with Crippen LogP contribution < -0.4 is 0 Å². The van der Waals surface area contributed by atoms with Crippen LogP contribution in [-0.4, -0.2) is 16.2 Å². The molecule has 23 heavy (non-hydrogen) atoms. The number of nitrogens with zero attached hydrogens (tertiary/aromatic N) is 2. The van der Waals surface area contributed by atoms with Crippen LogP contribution in [0.2, 0.25) is 0 Å². The Hall–Kier alpha value is -3.14. The fraction of sp³-hybridized carbons (Fsp3) is 0.0526. The Kier molecular flexibility index (Phi) is 3.27. The van der Waals surface area contributed by atoms with E-state index in [2.05, 4.69) is 34.0 Å². The first kappa shape index (κ1) is 13.5. The van der Waals surface area contributed by atoms with Crippen molar-refractivity contribution >= 4 is 22.9 Å². The van der Waals surface area contributed by atoms with Gasteiger partial charge in [-0.25, -0.2) is 4.98 Å². The molecule has 0 aliphatic heterocycles. The monoisotopic (exact) mass is 301 g/mol. The zero-order valence-corrected chi connectivity index (χ0v) is 12.7. The second kappa shape index (κ2) is 5.57. The van der Waals surface area contributed by atoms with Crippen LogP contribution in [-0.2, 0) is 0 Å². The Bertz CT molecular complexity index is 981. The summed E-state index contributed by atoms with van der Waals surface area (Å²) in [4.78, 5) is 12.3. The van der Waals surface area contributed by atoms with E-state index in [1.165, 1.54) is 5.56 Å². The number of hydrogen-bond acceptors (Lipinski definition) is 3. The van der Waals surface area contributed by atoms with Gasteiger partial charge in [-0.2, -0.15) is 0 Å². The quantitative estimate of drug-likeness (QED) is 0.548. The van der Waals surface area contributed by atoms with Crippen molar-refractivity contribution in [2.75, 3.05) is 0 Å². The van der Waals surface area contributed by atoms with Crippen LogP contribution in [0.15, 0.2) is 70.3 Å². The summed E-state index contributed by atoms with van der Waals surface area (Å²) in [5.41, 5.74) is 5.01. The maximum absolute atomic E-state index is 5.37. The normalized spacial score (nSPS) is 11.5. The van der Waals surface area contributed by atoms with Crippen molar-refractivity contribution in [2.24, 2.45) is 4.99 Å². The molecule has 4 nitrogen and oxygen atoms in total. The van der Waals surface area contributed by atoms with Gasteiger partial charge in [-0.3, -0.25) is 4.99 Å². The number of benzene rings is 2. The van der Waals surface area contributed by atoms with E-state index in [-0.39, 0.29) is 0 Å². The molecule has 4 aromatic rings. The number of aliphatic imine (C=N–C) groups is 1. The highest BCUT2D eigenvalue weighted by Crippen LogP contribution is 2.24. The summed E-state index contributed by atoms with van der Waals surface area (Å²) in [6.07, 6.45) is 3.51. The summed E-state index contributed by atoms with van der Waals surface area (Å²) in [6, 6.07) is 17.9. The fourth-order valence-corrected chi connectivity index (χ4v) is 2.50. The van der Waals surface area contributed by atoms with E-state index in [1.54, 1.807) is 6.26 Å². The van der Waals surface area contributed by atoms with Gasteiger partial charge in [0.1, 0.15) is 0 Å². The number of imidazole rings is 1. The maximum atomic E-state index is 5.37. The molecule has 0 fully saturated rings. The van der Waals surface area contributed by atoms with Crippen LogP contribution >= 0.6 is 0 Å². The third-order valence-corrected chi connectivity index (χ3v) is 3.63. The SMILES string of the molecule is Cc1cccc(/C=N/c2ccc3[nH]c(-c4ccco4)nc3c2)c1. The van der Waals surface area contributed by atoms with E-state index in [0.29, 0.717) is 0 Å². The number of aryl methyl sites for hydroxylation is 1. The molecule has 0 spiro atoms. The number of hydrogen-bond donors (Lipinski definition) is 1. The van der Waals surface area contributed by atoms with E-state index in [9.17, 15) is 0 Å². The third-order valence-electron chi connectivity index (χ3n) is 3.63. The lowest BCUT2D eigenvalue weighted by atomic mass is 10.1. The fourth-order valence-electron chi connectivity index (χ4n) is 2.50. The molecule has 2 heterocycles. The Balaban J connectivity index is 1.66. The van der Waals surface area contributed by atoms with Gasteiger partial charge in [0.05, 0.1) is 23.0 Å². The van der Waals surface area contributed by atoms with Crippen LogP contribution in [0.1, 0.15) is 11.1 Å². The van der Waals surface area contributed by atoms with Gasteiger partial charge in [0.15, 0.2) is 11.6 Å². The lowest BCUT2D eigenvalue weighted by molar-refractivity contribution is 0.578. The van der Waals surface area contributed by atoms with E-state index < -0.39 is 0 Å². The van der Waals surface area contributed by atoms with Crippen LogP contribution in [0.4, 0.5) is 5.69 Å². The van der Waals surface area contributed by atoms with Crippen molar-refractivity contribution in [1.29, 1.82) is 0 Å². The predicted molar refractivity (Wildman–Crippen MR) is 92.2 cm³/mol. The minimum absolute atomic E-state index is 0.727. The highest BCUT2D eigenvalue weighted by Gasteiger charge is 2.07. The van der Waals surface area contributed by atoms with E-state index in [0.717, 1.165) is 33.9 Å². The average Bonchev–Trinajstić information content (AvgIpc) is 3.21. The first-order valence-corrected chi connectivity index (χ1v) is 7.42. The van der Waals surface area contributed by atoms with Crippen LogP contribution in [0.25, 0.3) is 22.6 Å². The lowest BCUT2D eigenvalue weighted by Gasteiger charge is -1.96. The predicted octanol–water partition coefficient (Wildman–Crippen LogP) is 4.88. The number of rotatable bonds is 3. The second-order valence-electron chi connectivity index (χ2n) is 5.44. The van der Waals surface area contributed by atoms with Gasteiger partial charge in [0.25, 0.3) is 0 Å². The zero-order valence-electron chi connectivity index (χ0n) is 12.7. The highest BCUT2D eigenvalue weighted by atomic mass is 16.3. The summed E-state index contributed by atoms with van der Waals surface area (Å²) in [6.45, 7) is 2.07. The summed E-state index contributed by atoms with van der Waals surface area (Å²) in [5.74, 6) is 1.45. The molecule has 0 unspecified atom stereocenters. The molecule has 0 saturated heterocycles. The third kappa shape index (κ3) is 2.79. The minimum atomic E-state index is 0.727. The van der Waals surface area contributed by atoms with Crippen molar-refractivity contribution in [2.45, 2.75) is 6.92 Å². The summed E-state index contributed by atoms with van der Waals surface area (Å²) >= 11 is 0. The van der Waals surface area contributed by atoms with Crippen molar-refractivity contribution in [3.8, 4) is 11.6 Å². The van der Waals surface area contributed by atoms with Crippen molar-refractivity contribution in [3.63, 3.8) is 0 Å². The number of furan rings is 1. The Morgan fingerprint density at radius 3 is 2.87 bits per heavy atom. The first-order valence-electron chi connectivity index (χ1n) is 7.42. The van der Waals surface area contributed by atoms with Crippen molar-refractivity contribution in [1.82, 2.24) is 9.97 Å². The average molecular weight is 301 g/mol. The number of aromatic nitrogens is 2. The molecule has 0 aliphatic rings. The van der Waals surface area contributed by atoms with E-state index in [4.69, 9.17) is 4.42 Å². The molecule has 0 amide bonds. The van der Waals surface area contributed by atoms with Crippen LogP contribution in [0.3, 0.4) is 0 Å². The van der Waals surface area contributed by atoms with Crippen LogP contribution in [0, 0.1) is 6.92 Å². The number of H-pyrrole nitrogens is 1. The molecule has 0 saturated carbocycles. The molecule has 4 rings (SSSR count). The van der Waals surface area contributed by atoms with Gasteiger partial charge in [0.2, 0.25) is 0 Å². The molecule has 1 N–H and O–H groups in total. The molecule has 0 atom stereocenters. The largest absolute Gasteiger partial charge is 0.461 e. The van der Waals surface area contributed by atoms with E-state index in [1.807, 2.05) is 48.7 Å². The van der Waals surface area contributed by atoms with Gasteiger partial charge < -0.3 is 9.40 Å². The highest BCUT2D eigenvalue weighted by molar-refractivity contribution is 5.85. The molecule has 2 aromatic heterocycles. The summed E-state index contributed by atoms with van der Waals surface area (Å²) in [7, 11) is 0. The smallest absolute Gasteiger partial charge is 0.174 e. The van der Waals surface area contributed by atoms with Crippen LogP contribution in [0.5, 0.6) is 0 Å². The maximum Gasteiger partial charge on any atom is 0.174 e. The topological polar surface area (TPSA) is 54.2 Å². The molecule has 4 heteroatoms. The second-order valence-corrected chi connectivity index (χ2v) is 5.44. The molecule has 0 radical (unpaired) electrons. The standard InChI is InChI=1S/C19H15N3O/c1-13-4-2-5-14(10-13)12-20-15-7-8-16-17(11-15)22-19(21-16)18-6-3-9-23-18/h2-12H,1H3,(H,21,22)/b20-12+.